The van der Waals surface area contributed by atoms with Crippen LogP contribution in [0.2, 0.25) is 0 Å². The Labute approximate surface area is 88.8 Å². The van der Waals surface area contributed by atoms with Crippen LogP contribution in [0, 0.1) is 6.92 Å². The van der Waals surface area contributed by atoms with Crippen LogP contribution >= 0.6 is 0 Å². The minimum atomic E-state index is 0.542. The number of hydrogen-bond acceptors (Lipinski definition) is 3. The van der Waals surface area contributed by atoms with Gasteiger partial charge in [-0.3, -0.25) is 0 Å². The summed E-state index contributed by atoms with van der Waals surface area (Å²) in [6.07, 6.45) is 1.78. The molecule has 1 aromatic carbocycles. The van der Waals surface area contributed by atoms with Crippen molar-refractivity contribution in [3.05, 3.63) is 42.1 Å². The zero-order chi connectivity index (χ0) is 10.8. The van der Waals surface area contributed by atoms with Crippen molar-refractivity contribution < 1.29 is 0 Å². The lowest BCUT2D eigenvalue weighted by atomic mass is 10.0. The number of rotatable bonds is 1. The number of hydrogen-bond donors (Lipinski definition) is 2. The molecule has 0 spiro atoms. The number of benzene rings is 1. The zero-order valence-corrected chi connectivity index (χ0v) is 8.57. The molecule has 15 heavy (non-hydrogen) atoms. The van der Waals surface area contributed by atoms with E-state index in [9.17, 15) is 0 Å². The van der Waals surface area contributed by atoms with Gasteiger partial charge in [0.05, 0.1) is 0 Å². The van der Waals surface area contributed by atoms with Gasteiger partial charge in [0, 0.05) is 17.4 Å². The van der Waals surface area contributed by atoms with Crippen molar-refractivity contribution in [2.24, 2.45) is 0 Å². The van der Waals surface area contributed by atoms with Gasteiger partial charge in [0.1, 0.15) is 5.82 Å². The predicted octanol–water partition coefficient (Wildman–Crippen LogP) is 2.22. The third kappa shape index (κ3) is 1.91. The molecule has 0 unspecified atom stereocenters. The van der Waals surface area contributed by atoms with Crippen molar-refractivity contribution >= 4 is 11.5 Å². The Hall–Kier alpha value is -2.03. The quantitative estimate of drug-likeness (QED) is 0.692. The maximum absolute atomic E-state index is 5.73. The lowest BCUT2D eigenvalue weighted by molar-refractivity contribution is 1.29. The van der Waals surface area contributed by atoms with Crippen LogP contribution in [0.25, 0.3) is 11.1 Å². The van der Waals surface area contributed by atoms with Gasteiger partial charge in [-0.25, -0.2) is 4.98 Å². The number of nitrogen functional groups attached to an aromatic ring is 2. The van der Waals surface area contributed by atoms with Gasteiger partial charge >= 0.3 is 0 Å². The Kier molecular flexibility index (Phi) is 2.29. The summed E-state index contributed by atoms with van der Waals surface area (Å²) in [6, 6.07) is 9.60. The third-order valence-corrected chi connectivity index (χ3v) is 2.33. The van der Waals surface area contributed by atoms with Crippen molar-refractivity contribution in [2.45, 2.75) is 6.92 Å². The largest absolute Gasteiger partial charge is 0.399 e. The van der Waals surface area contributed by atoms with Crippen LogP contribution in [-0.4, -0.2) is 4.98 Å². The second-order valence-electron chi connectivity index (χ2n) is 3.55. The van der Waals surface area contributed by atoms with Crippen LogP contribution in [0.3, 0.4) is 0 Å². The van der Waals surface area contributed by atoms with Crippen molar-refractivity contribution in [2.75, 3.05) is 11.5 Å². The molecule has 1 aromatic heterocycles. The van der Waals surface area contributed by atoms with E-state index in [4.69, 9.17) is 11.5 Å². The van der Waals surface area contributed by atoms with E-state index in [1.165, 1.54) is 0 Å². The van der Waals surface area contributed by atoms with Gasteiger partial charge in [-0.2, -0.15) is 0 Å². The smallest absolute Gasteiger partial charge is 0.123 e. The first kappa shape index (κ1) is 9.52. The molecule has 0 bridgehead atoms. The highest BCUT2D eigenvalue weighted by Gasteiger charge is 2.02. The molecular formula is C12H13N3. The minimum absolute atomic E-state index is 0.542. The van der Waals surface area contributed by atoms with Crippen LogP contribution in [0.5, 0.6) is 0 Å². The molecule has 0 aliphatic heterocycles. The van der Waals surface area contributed by atoms with Gasteiger partial charge in [-0.1, -0.05) is 12.1 Å². The van der Waals surface area contributed by atoms with E-state index in [0.29, 0.717) is 5.82 Å². The number of nitrogens with two attached hydrogens (primary N) is 2. The van der Waals surface area contributed by atoms with E-state index in [2.05, 4.69) is 4.98 Å². The maximum Gasteiger partial charge on any atom is 0.123 e. The minimum Gasteiger partial charge on any atom is -0.399 e. The highest BCUT2D eigenvalue weighted by atomic mass is 14.8. The fraction of sp³-hybridized carbons (Fsp3) is 0.0833. The highest BCUT2D eigenvalue weighted by Crippen LogP contribution is 2.24. The summed E-state index contributed by atoms with van der Waals surface area (Å²) >= 11 is 0. The Morgan fingerprint density at radius 2 is 1.93 bits per heavy atom. The fourth-order valence-corrected chi connectivity index (χ4v) is 1.59. The van der Waals surface area contributed by atoms with Crippen LogP contribution in [0.4, 0.5) is 11.5 Å². The summed E-state index contributed by atoms with van der Waals surface area (Å²) in [5.41, 5.74) is 15.3. The second kappa shape index (κ2) is 3.61. The summed E-state index contributed by atoms with van der Waals surface area (Å²) in [6.45, 7) is 2.01. The predicted molar refractivity (Wildman–Crippen MR) is 63.2 cm³/mol. The average molecular weight is 199 g/mol. The Balaban J connectivity index is 2.54. The van der Waals surface area contributed by atoms with E-state index in [1.807, 2.05) is 37.3 Å². The number of aryl methyl sites for hydroxylation is 1. The maximum atomic E-state index is 5.73. The van der Waals surface area contributed by atoms with Gasteiger partial charge in [-0.15, -0.1) is 0 Å². The number of nitrogens with zero attached hydrogens (tertiary/aromatic N) is 1. The molecule has 76 valence electrons. The molecule has 3 heteroatoms. The first-order chi connectivity index (χ1) is 7.16. The lowest BCUT2D eigenvalue weighted by Gasteiger charge is -2.06. The summed E-state index contributed by atoms with van der Waals surface area (Å²) < 4.78 is 0. The summed E-state index contributed by atoms with van der Waals surface area (Å²) in [4.78, 5) is 4.08. The molecule has 1 heterocycles. The summed E-state index contributed by atoms with van der Waals surface area (Å²) in [5.74, 6) is 0.542. The van der Waals surface area contributed by atoms with E-state index >= 15 is 0 Å². The van der Waals surface area contributed by atoms with Crippen molar-refractivity contribution in [1.82, 2.24) is 4.98 Å². The number of pyridine rings is 1. The van der Waals surface area contributed by atoms with Gasteiger partial charge in [0.2, 0.25) is 0 Å². The van der Waals surface area contributed by atoms with E-state index in [-0.39, 0.29) is 0 Å². The molecule has 0 amide bonds. The van der Waals surface area contributed by atoms with Crippen LogP contribution in [0.15, 0.2) is 36.5 Å². The molecular weight excluding hydrogens is 186 g/mol. The van der Waals surface area contributed by atoms with E-state index in [1.54, 1.807) is 6.20 Å². The molecule has 4 N–H and O–H groups in total. The molecule has 0 radical (unpaired) electrons. The van der Waals surface area contributed by atoms with E-state index in [0.717, 1.165) is 22.4 Å². The van der Waals surface area contributed by atoms with Crippen molar-refractivity contribution in [3.63, 3.8) is 0 Å². The van der Waals surface area contributed by atoms with Gasteiger partial charge in [-0.05, 0) is 36.2 Å². The molecule has 0 aliphatic carbocycles. The molecule has 0 atom stereocenters. The molecule has 0 aliphatic rings. The monoisotopic (exact) mass is 199 g/mol. The molecule has 2 rings (SSSR count). The van der Waals surface area contributed by atoms with Crippen LogP contribution in [-0.2, 0) is 0 Å². The van der Waals surface area contributed by atoms with Gasteiger partial charge in [0.25, 0.3) is 0 Å². The Morgan fingerprint density at radius 3 is 2.60 bits per heavy atom. The highest BCUT2D eigenvalue weighted by molar-refractivity contribution is 5.70. The van der Waals surface area contributed by atoms with Crippen molar-refractivity contribution in [3.8, 4) is 11.1 Å². The van der Waals surface area contributed by atoms with Crippen LogP contribution < -0.4 is 11.5 Å². The summed E-state index contributed by atoms with van der Waals surface area (Å²) in [7, 11) is 0. The fourth-order valence-electron chi connectivity index (χ4n) is 1.59. The third-order valence-electron chi connectivity index (χ3n) is 2.33. The lowest BCUT2D eigenvalue weighted by Crippen LogP contribution is -1.93. The molecule has 0 saturated carbocycles. The van der Waals surface area contributed by atoms with Gasteiger partial charge < -0.3 is 11.5 Å². The number of aromatic nitrogens is 1. The Bertz CT molecular complexity index is 492. The average Bonchev–Trinajstić information content (AvgIpc) is 2.17. The van der Waals surface area contributed by atoms with E-state index < -0.39 is 0 Å². The zero-order valence-electron chi connectivity index (χ0n) is 8.57. The summed E-state index contributed by atoms with van der Waals surface area (Å²) in [5, 5.41) is 0. The molecule has 2 aromatic rings. The SMILES string of the molecule is Cc1cc(N)ncc1-c1cccc(N)c1. The first-order valence-corrected chi connectivity index (χ1v) is 4.75. The molecule has 0 saturated heterocycles. The molecule has 3 nitrogen and oxygen atoms in total. The van der Waals surface area contributed by atoms with Gasteiger partial charge in [0.15, 0.2) is 0 Å². The first-order valence-electron chi connectivity index (χ1n) is 4.75. The standard InChI is InChI=1S/C12H13N3/c1-8-5-12(14)15-7-11(8)9-3-2-4-10(13)6-9/h2-7H,13H2,1H3,(H2,14,15). The topological polar surface area (TPSA) is 64.9 Å². The second-order valence-corrected chi connectivity index (χ2v) is 3.55. The molecule has 0 fully saturated rings. The van der Waals surface area contributed by atoms with Crippen LogP contribution in [0.1, 0.15) is 5.56 Å². The number of anilines is 2. The Morgan fingerprint density at radius 1 is 1.13 bits per heavy atom. The van der Waals surface area contributed by atoms with Crippen molar-refractivity contribution in [1.29, 1.82) is 0 Å². The normalized spacial score (nSPS) is 10.2.